The van der Waals surface area contributed by atoms with E-state index in [0.717, 1.165) is 11.1 Å². The Morgan fingerprint density at radius 3 is 2.71 bits per heavy atom. The second-order valence-corrected chi connectivity index (χ2v) is 5.13. The van der Waals surface area contributed by atoms with Gasteiger partial charge in [-0.25, -0.2) is 0 Å². The molecule has 2 nitrogen and oxygen atoms in total. The van der Waals surface area contributed by atoms with E-state index in [0.29, 0.717) is 5.92 Å². The van der Waals surface area contributed by atoms with Crippen LogP contribution in [0, 0.1) is 5.92 Å². The zero-order valence-electron chi connectivity index (χ0n) is 10.0. The number of hydrogen-bond donors (Lipinski definition) is 2. The van der Waals surface area contributed by atoms with E-state index in [1.54, 1.807) is 0 Å². The van der Waals surface area contributed by atoms with Crippen molar-refractivity contribution < 1.29 is 5.11 Å². The molecule has 1 aromatic heterocycles. The standard InChI is InChI=1S/C15H19NO/c17-15(11-6-2-1-3-7-11)13-10-16-14-9-5-4-8-12(13)14/h4-5,8-11,15-17H,1-3,6-7H2. The van der Waals surface area contributed by atoms with Crippen molar-refractivity contribution in [3.8, 4) is 0 Å². The maximum absolute atomic E-state index is 10.5. The van der Waals surface area contributed by atoms with Crippen molar-refractivity contribution in [2.24, 2.45) is 5.92 Å². The molecule has 1 heterocycles. The van der Waals surface area contributed by atoms with E-state index in [1.807, 2.05) is 18.3 Å². The third kappa shape index (κ3) is 1.98. The van der Waals surface area contributed by atoms with Crippen molar-refractivity contribution >= 4 is 10.9 Å². The van der Waals surface area contributed by atoms with E-state index in [1.165, 1.54) is 37.5 Å². The number of H-pyrrole nitrogens is 1. The van der Waals surface area contributed by atoms with Crippen LogP contribution < -0.4 is 0 Å². The van der Waals surface area contributed by atoms with Crippen LogP contribution in [-0.4, -0.2) is 10.1 Å². The van der Waals surface area contributed by atoms with Gasteiger partial charge in [0, 0.05) is 22.7 Å². The Morgan fingerprint density at radius 1 is 1.12 bits per heavy atom. The Hall–Kier alpha value is -1.28. The molecule has 0 amide bonds. The number of hydrogen-bond acceptors (Lipinski definition) is 1. The van der Waals surface area contributed by atoms with Gasteiger partial charge in [0.25, 0.3) is 0 Å². The summed E-state index contributed by atoms with van der Waals surface area (Å²) in [5.41, 5.74) is 2.20. The van der Waals surface area contributed by atoms with Crippen molar-refractivity contribution in [2.75, 3.05) is 0 Å². The molecule has 2 heteroatoms. The summed E-state index contributed by atoms with van der Waals surface area (Å²) in [7, 11) is 0. The van der Waals surface area contributed by atoms with Gasteiger partial charge in [0.05, 0.1) is 6.10 Å². The van der Waals surface area contributed by atoms with Gasteiger partial charge in [-0.2, -0.15) is 0 Å². The van der Waals surface area contributed by atoms with Crippen LogP contribution in [-0.2, 0) is 0 Å². The molecule has 1 aliphatic carbocycles. The lowest BCUT2D eigenvalue weighted by molar-refractivity contribution is 0.0861. The molecule has 2 N–H and O–H groups in total. The zero-order chi connectivity index (χ0) is 11.7. The quantitative estimate of drug-likeness (QED) is 0.807. The lowest BCUT2D eigenvalue weighted by Gasteiger charge is -2.26. The first-order chi connectivity index (χ1) is 8.36. The van der Waals surface area contributed by atoms with E-state index in [-0.39, 0.29) is 6.10 Å². The molecule has 1 unspecified atom stereocenters. The highest BCUT2D eigenvalue weighted by molar-refractivity contribution is 5.83. The van der Waals surface area contributed by atoms with Crippen LogP contribution in [0.3, 0.4) is 0 Å². The average molecular weight is 229 g/mol. The predicted molar refractivity (Wildman–Crippen MR) is 69.8 cm³/mol. The minimum Gasteiger partial charge on any atom is -0.388 e. The molecule has 1 aliphatic rings. The molecule has 0 bridgehead atoms. The molecule has 2 aromatic rings. The van der Waals surface area contributed by atoms with Crippen LogP contribution in [0.2, 0.25) is 0 Å². The molecule has 3 rings (SSSR count). The molecule has 17 heavy (non-hydrogen) atoms. The summed E-state index contributed by atoms with van der Waals surface area (Å²) in [6, 6.07) is 8.21. The maximum Gasteiger partial charge on any atom is 0.0838 e. The number of benzene rings is 1. The Morgan fingerprint density at radius 2 is 1.88 bits per heavy atom. The van der Waals surface area contributed by atoms with Crippen LogP contribution in [0.1, 0.15) is 43.8 Å². The largest absolute Gasteiger partial charge is 0.388 e. The molecule has 90 valence electrons. The van der Waals surface area contributed by atoms with Gasteiger partial charge in [-0.3, -0.25) is 0 Å². The summed E-state index contributed by atoms with van der Waals surface area (Å²) in [5.74, 6) is 0.447. The Labute approximate surface area is 102 Å². The SMILES string of the molecule is OC(c1c[nH]c2ccccc12)C1CCCCC1. The van der Waals surface area contributed by atoms with Crippen LogP contribution in [0.4, 0.5) is 0 Å². The van der Waals surface area contributed by atoms with Crippen molar-refractivity contribution in [1.82, 2.24) is 4.98 Å². The minimum absolute atomic E-state index is 0.300. The third-order valence-electron chi connectivity index (χ3n) is 4.04. The molecular formula is C15H19NO. The fourth-order valence-electron chi connectivity index (χ4n) is 3.04. The monoisotopic (exact) mass is 229 g/mol. The summed E-state index contributed by atoms with van der Waals surface area (Å²) in [5, 5.41) is 11.7. The van der Waals surface area contributed by atoms with Gasteiger partial charge in [0.15, 0.2) is 0 Å². The van der Waals surface area contributed by atoms with Crippen LogP contribution in [0.15, 0.2) is 30.5 Å². The molecule has 0 saturated heterocycles. The number of fused-ring (bicyclic) bond motifs is 1. The number of nitrogens with one attached hydrogen (secondary N) is 1. The lowest BCUT2D eigenvalue weighted by Crippen LogP contribution is -2.15. The summed E-state index contributed by atoms with van der Waals surface area (Å²) in [6.07, 6.45) is 7.88. The topological polar surface area (TPSA) is 36.0 Å². The average Bonchev–Trinajstić information content (AvgIpc) is 2.83. The molecule has 1 saturated carbocycles. The third-order valence-corrected chi connectivity index (χ3v) is 4.04. The van der Waals surface area contributed by atoms with E-state index in [2.05, 4.69) is 17.1 Å². The van der Waals surface area contributed by atoms with E-state index in [4.69, 9.17) is 0 Å². The van der Waals surface area contributed by atoms with Gasteiger partial charge in [-0.05, 0) is 24.8 Å². The number of aromatic nitrogens is 1. The molecular weight excluding hydrogens is 210 g/mol. The van der Waals surface area contributed by atoms with E-state index in [9.17, 15) is 5.11 Å². The summed E-state index contributed by atoms with van der Waals surface area (Å²) >= 11 is 0. The van der Waals surface area contributed by atoms with E-state index >= 15 is 0 Å². The Balaban J connectivity index is 1.92. The van der Waals surface area contributed by atoms with Gasteiger partial charge >= 0.3 is 0 Å². The second-order valence-electron chi connectivity index (χ2n) is 5.13. The molecule has 1 atom stereocenters. The highest BCUT2D eigenvalue weighted by Crippen LogP contribution is 2.36. The summed E-state index contributed by atoms with van der Waals surface area (Å²) in [4.78, 5) is 3.25. The lowest BCUT2D eigenvalue weighted by atomic mass is 9.83. The summed E-state index contributed by atoms with van der Waals surface area (Å²) < 4.78 is 0. The number of para-hydroxylation sites is 1. The number of aromatic amines is 1. The number of rotatable bonds is 2. The normalized spacial score (nSPS) is 19.6. The maximum atomic E-state index is 10.5. The molecule has 0 aliphatic heterocycles. The fourth-order valence-corrected chi connectivity index (χ4v) is 3.04. The van der Waals surface area contributed by atoms with Crippen molar-refractivity contribution in [3.05, 3.63) is 36.0 Å². The molecule has 1 aromatic carbocycles. The first kappa shape index (κ1) is 10.8. The van der Waals surface area contributed by atoms with Gasteiger partial charge < -0.3 is 10.1 Å². The molecule has 0 spiro atoms. The minimum atomic E-state index is -0.300. The molecule has 1 fully saturated rings. The van der Waals surface area contributed by atoms with Crippen molar-refractivity contribution in [3.63, 3.8) is 0 Å². The van der Waals surface area contributed by atoms with Gasteiger partial charge in [-0.1, -0.05) is 37.5 Å². The Kier molecular flexibility index (Phi) is 2.89. The van der Waals surface area contributed by atoms with Crippen LogP contribution in [0.25, 0.3) is 10.9 Å². The van der Waals surface area contributed by atoms with Crippen LogP contribution in [0.5, 0.6) is 0 Å². The second kappa shape index (κ2) is 4.53. The number of aliphatic hydroxyl groups is 1. The number of aliphatic hydroxyl groups excluding tert-OH is 1. The highest BCUT2D eigenvalue weighted by atomic mass is 16.3. The van der Waals surface area contributed by atoms with Gasteiger partial charge in [0.2, 0.25) is 0 Å². The first-order valence-electron chi connectivity index (χ1n) is 6.60. The van der Waals surface area contributed by atoms with Gasteiger partial charge in [-0.15, -0.1) is 0 Å². The smallest absolute Gasteiger partial charge is 0.0838 e. The predicted octanol–water partition coefficient (Wildman–Crippen LogP) is 3.78. The van der Waals surface area contributed by atoms with Crippen molar-refractivity contribution in [1.29, 1.82) is 0 Å². The first-order valence-corrected chi connectivity index (χ1v) is 6.60. The van der Waals surface area contributed by atoms with Gasteiger partial charge in [0.1, 0.15) is 0 Å². The fraction of sp³-hybridized carbons (Fsp3) is 0.467. The van der Waals surface area contributed by atoms with Crippen molar-refractivity contribution in [2.45, 2.75) is 38.2 Å². The highest BCUT2D eigenvalue weighted by Gasteiger charge is 2.24. The molecule has 0 radical (unpaired) electrons. The Bertz CT molecular complexity index is 496. The van der Waals surface area contributed by atoms with Crippen LogP contribution >= 0.6 is 0 Å². The summed E-state index contributed by atoms with van der Waals surface area (Å²) in [6.45, 7) is 0. The zero-order valence-corrected chi connectivity index (χ0v) is 10.0. The van der Waals surface area contributed by atoms with E-state index < -0.39 is 0 Å².